The molecular weight excluding hydrogens is 352 g/mol. The molecule has 1 aliphatic heterocycles. The third kappa shape index (κ3) is 4.61. The number of nitrogens with one attached hydrogen (secondary N) is 1. The Morgan fingerprint density at radius 3 is 2.39 bits per heavy atom. The number of ether oxygens (including phenoxy) is 1. The predicted molar refractivity (Wildman–Crippen MR) is 108 cm³/mol. The highest BCUT2D eigenvalue weighted by molar-refractivity contribution is 5.69. The molecule has 6 nitrogen and oxygen atoms in total. The molecular formula is C22H26N4O2. The van der Waals surface area contributed by atoms with Gasteiger partial charge in [-0.25, -0.2) is 9.78 Å². The highest BCUT2D eigenvalue weighted by Gasteiger charge is 2.39. The summed E-state index contributed by atoms with van der Waals surface area (Å²) in [4.78, 5) is 19.1. The molecule has 28 heavy (non-hydrogen) atoms. The molecule has 1 saturated heterocycles. The predicted octanol–water partition coefficient (Wildman–Crippen LogP) is 3.97. The molecule has 0 saturated carbocycles. The van der Waals surface area contributed by atoms with E-state index in [2.05, 4.69) is 21.3 Å². The summed E-state index contributed by atoms with van der Waals surface area (Å²) >= 11 is 0. The number of nitrogens with zero attached hydrogens (tertiary/aromatic N) is 3. The third-order valence-corrected chi connectivity index (χ3v) is 4.88. The molecule has 3 rings (SSSR count). The van der Waals surface area contributed by atoms with Crippen molar-refractivity contribution in [3.05, 3.63) is 59.8 Å². The van der Waals surface area contributed by atoms with Crippen LogP contribution in [-0.2, 0) is 10.3 Å². The molecule has 0 aliphatic carbocycles. The van der Waals surface area contributed by atoms with Gasteiger partial charge in [0.25, 0.3) is 0 Å². The Kier molecular flexibility index (Phi) is 5.55. The van der Waals surface area contributed by atoms with E-state index >= 15 is 0 Å². The molecule has 1 aromatic carbocycles. The second-order valence-electron chi connectivity index (χ2n) is 8.08. The van der Waals surface area contributed by atoms with Crippen molar-refractivity contribution in [1.82, 2.24) is 10.3 Å². The Morgan fingerprint density at radius 2 is 1.86 bits per heavy atom. The van der Waals surface area contributed by atoms with E-state index in [0.717, 1.165) is 37.3 Å². The van der Waals surface area contributed by atoms with Gasteiger partial charge >= 0.3 is 6.09 Å². The molecule has 1 aromatic heterocycles. The number of alkyl carbamates (subject to hydrolysis) is 1. The average Bonchev–Trinajstić information content (AvgIpc) is 2.68. The van der Waals surface area contributed by atoms with Crippen LogP contribution < -0.4 is 10.2 Å². The van der Waals surface area contributed by atoms with Crippen LogP contribution in [0.3, 0.4) is 0 Å². The standard InChI is InChI=1S/C22H26N4O2/c1-21(2,3)28-20(27)25-22(18-7-5-4-6-8-18)11-13-26(14-12-22)19-10-9-17(15-23)16-24-19/h4-10,16H,11-14H2,1-3H3,(H,25,27). The maximum Gasteiger partial charge on any atom is 0.408 e. The molecule has 0 spiro atoms. The van der Waals surface area contributed by atoms with Crippen LogP contribution in [0.15, 0.2) is 48.7 Å². The van der Waals surface area contributed by atoms with Crippen molar-refractivity contribution < 1.29 is 9.53 Å². The van der Waals surface area contributed by atoms with Gasteiger partial charge in [0.2, 0.25) is 0 Å². The first-order valence-corrected chi connectivity index (χ1v) is 9.49. The summed E-state index contributed by atoms with van der Waals surface area (Å²) in [5, 5.41) is 12.1. The fourth-order valence-corrected chi connectivity index (χ4v) is 3.50. The second-order valence-corrected chi connectivity index (χ2v) is 8.08. The van der Waals surface area contributed by atoms with Crippen LogP contribution in [0.4, 0.5) is 10.6 Å². The minimum Gasteiger partial charge on any atom is -0.444 e. The number of hydrogen-bond donors (Lipinski definition) is 1. The number of rotatable bonds is 3. The maximum atomic E-state index is 12.5. The molecule has 6 heteroatoms. The van der Waals surface area contributed by atoms with Crippen LogP contribution in [0.25, 0.3) is 0 Å². The zero-order chi connectivity index (χ0) is 20.2. The topological polar surface area (TPSA) is 78.2 Å². The van der Waals surface area contributed by atoms with E-state index in [1.165, 1.54) is 0 Å². The number of carbonyl (C=O) groups excluding carboxylic acids is 1. The van der Waals surface area contributed by atoms with E-state index in [-0.39, 0.29) is 0 Å². The highest BCUT2D eigenvalue weighted by atomic mass is 16.6. The molecule has 1 N–H and O–H groups in total. The quantitative estimate of drug-likeness (QED) is 0.874. The van der Waals surface area contributed by atoms with Crippen molar-refractivity contribution >= 4 is 11.9 Å². The number of aromatic nitrogens is 1. The van der Waals surface area contributed by atoms with Gasteiger partial charge in [0.15, 0.2) is 0 Å². The van der Waals surface area contributed by atoms with E-state index < -0.39 is 17.2 Å². The Labute approximate surface area is 166 Å². The van der Waals surface area contributed by atoms with Gasteiger partial charge in [-0.3, -0.25) is 0 Å². The third-order valence-electron chi connectivity index (χ3n) is 4.88. The van der Waals surface area contributed by atoms with Crippen molar-refractivity contribution in [1.29, 1.82) is 5.26 Å². The van der Waals surface area contributed by atoms with Gasteiger partial charge in [-0.15, -0.1) is 0 Å². The van der Waals surface area contributed by atoms with Crippen molar-refractivity contribution in [2.75, 3.05) is 18.0 Å². The minimum atomic E-state index is -0.547. The summed E-state index contributed by atoms with van der Waals surface area (Å²) < 4.78 is 5.52. The van der Waals surface area contributed by atoms with Gasteiger partial charge in [-0.05, 0) is 51.3 Å². The molecule has 1 amide bonds. The van der Waals surface area contributed by atoms with Crippen LogP contribution >= 0.6 is 0 Å². The van der Waals surface area contributed by atoms with Crippen LogP contribution in [-0.4, -0.2) is 29.8 Å². The molecule has 0 radical (unpaired) electrons. The van der Waals surface area contributed by atoms with Crippen LogP contribution in [0.1, 0.15) is 44.7 Å². The molecule has 1 aliphatic rings. The Balaban J connectivity index is 1.78. The van der Waals surface area contributed by atoms with Gasteiger partial charge < -0.3 is 15.0 Å². The minimum absolute atomic E-state index is 0.402. The monoisotopic (exact) mass is 378 g/mol. The molecule has 1 fully saturated rings. The fraction of sp³-hybridized carbons (Fsp3) is 0.409. The van der Waals surface area contributed by atoms with E-state index in [9.17, 15) is 4.79 Å². The number of pyridine rings is 1. The smallest absolute Gasteiger partial charge is 0.408 e. The van der Waals surface area contributed by atoms with Gasteiger partial charge in [0, 0.05) is 19.3 Å². The Bertz CT molecular complexity index is 843. The summed E-state index contributed by atoms with van der Waals surface area (Å²) in [6, 6.07) is 15.8. The number of piperidine rings is 1. The number of hydrogen-bond acceptors (Lipinski definition) is 5. The van der Waals surface area contributed by atoms with Gasteiger partial charge in [0.1, 0.15) is 17.5 Å². The second kappa shape index (κ2) is 7.89. The van der Waals surface area contributed by atoms with Crippen molar-refractivity contribution in [2.45, 2.75) is 44.8 Å². The molecule has 2 heterocycles. The first-order valence-electron chi connectivity index (χ1n) is 9.49. The number of anilines is 1. The number of benzene rings is 1. The zero-order valence-corrected chi connectivity index (χ0v) is 16.6. The van der Waals surface area contributed by atoms with E-state index in [1.54, 1.807) is 12.3 Å². The van der Waals surface area contributed by atoms with Crippen LogP contribution in [0.2, 0.25) is 0 Å². The summed E-state index contributed by atoms with van der Waals surface area (Å²) in [6.45, 7) is 7.07. The Hall–Kier alpha value is -3.07. The van der Waals surface area contributed by atoms with Crippen molar-refractivity contribution in [3.8, 4) is 6.07 Å². The van der Waals surface area contributed by atoms with E-state index in [4.69, 9.17) is 10.00 Å². The first kappa shape index (κ1) is 19.7. The van der Waals surface area contributed by atoms with Crippen molar-refractivity contribution in [2.24, 2.45) is 0 Å². The molecule has 0 unspecified atom stereocenters. The van der Waals surface area contributed by atoms with Crippen LogP contribution in [0.5, 0.6) is 0 Å². The fourth-order valence-electron chi connectivity index (χ4n) is 3.50. The highest BCUT2D eigenvalue weighted by Crippen LogP contribution is 2.34. The lowest BCUT2D eigenvalue weighted by Crippen LogP contribution is -2.54. The lowest BCUT2D eigenvalue weighted by atomic mass is 9.81. The molecule has 0 bridgehead atoms. The van der Waals surface area contributed by atoms with E-state index in [1.807, 2.05) is 57.2 Å². The zero-order valence-electron chi connectivity index (χ0n) is 16.6. The molecule has 146 valence electrons. The first-order chi connectivity index (χ1) is 13.3. The molecule has 2 aromatic rings. The number of amides is 1. The summed E-state index contributed by atoms with van der Waals surface area (Å²) in [5.41, 5.74) is 0.598. The van der Waals surface area contributed by atoms with Gasteiger partial charge in [-0.2, -0.15) is 5.26 Å². The summed E-state index contributed by atoms with van der Waals surface area (Å²) in [7, 11) is 0. The Morgan fingerprint density at radius 1 is 1.18 bits per heavy atom. The van der Waals surface area contributed by atoms with Crippen LogP contribution in [0, 0.1) is 11.3 Å². The summed E-state index contributed by atoms with van der Waals surface area (Å²) in [6.07, 6.45) is 2.66. The molecule has 0 atom stereocenters. The lowest BCUT2D eigenvalue weighted by molar-refractivity contribution is 0.0431. The van der Waals surface area contributed by atoms with Gasteiger partial charge in [0.05, 0.1) is 11.1 Å². The van der Waals surface area contributed by atoms with E-state index in [0.29, 0.717) is 5.56 Å². The number of carbonyl (C=O) groups is 1. The van der Waals surface area contributed by atoms with Gasteiger partial charge in [-0.1, -0.05) is 30.3 Å². The van der Waals surface area contributed by atoms with Crippen molar-refractivity contribution in [3.63, 3.8) is 0 Å². The normalized spacial score (nSPS) is 16.1. The largest absolute Gasteiger partial charge is 0.444 e. The average molecular weight is 378 g/mol. The lowest BCUT2D eigenvalue weighted by Gasteiger charge is -2.43. The SMILES string of the molecule is CC(C)(C)OC(=O)NC1(c2ccccc2)CCN(c2ccc(C#N)cn2)CC1. The number of nitriles is 1. The maximum absolute atomic E-state index is 12.5. The summed E-state index contributed by atoms with van der Waals surface area (Å²) in [5.74, 6) is 0.845.